The molecule has 0 aromatic heterocycles. The molecule has 0 N–H and O–H groups in total. The molecule has 1 heterocycles. The molecule has 6 rings (SSSR count). The van der Waals surface area contributed by atoms with E-state index in [1.165, 1.54) is 24.8 Å². The molecule has 3 aromatic rings. The van der Waals surface area contributed by atoms with Crippen molar-refractivity contribution in [2.75, 3.05) is 20.6 Å². The van der Waals surface area contributed by atoms with Gasteiger partial charge in [-0.25, -0.2) is 0 Å². The van der Waals surface area contributed by atoms with Crippen molar-refractivity contribution in [3.8, 4) is 11.5 Å². The molecule has 2 bridgehead atoms. The van der Waals surface area contributed by atoms with Crippen molar-refractivity contribution in [1.82, 2.24) is 0 Å². The van der Waals surface area contributed by atoms with E-state index in [-0.39, 0.29) is 12.1 Å². The number of aryl methyl sites for hydroxylation is 1. The van der Waals surface area contributed by atoms with Gasteiger partial charge in [-0.1, -0.05) is 66.7 Å². The summed E-state index contributed by atoms with van der Waals surface area (Å²) in [6, 6.07) is 27.1. The monoisotopic (exact) mass is 510 g/mol. The van der Waals surface area contributed by atoms with Crippen molar-refractivity contribution in [3.63, 3.8) is 0 Å². The molecule has 4 atom stereocenters. The van der Waals surface area contributed by atoms with Crippen molar-refractivity contribution in [2.24, 2.45) is 11.8 Å². The smallest absolute Gasteiger partial charge is 0.321 e. The molecule has 1 aliphatic heterocycles. The number of hydrogen-bond donors (Lipinski definition) is 0. The average molecular weight is 511 g/mol. The number of hydrogen-bond acceptors (Lipinski definition) is 3. The Labute approximate surface area is 227 Å². The molecular formula is C34H40NO3+. The van der Waals surface area contributed by atoms with Crippen LogP contribution in [-0.2, 0) is 21.4 Å². The third kappa shape index (κ3) is 4.33. The quantitative estimate of drug-likeness (QED) is 0.188. The van der Waals surface area contributed by atoms with Crippen molar-refractivity contribution < 1.29 is 18.8 Å². The van der Waals surface area contributed by atoms with Gasteiger partial charge in [0.15, 0.2) is 0 Å². The van der Waals surface area contributed by atoms with Crippen LogP contribution in [-0.4, -0.2) is 43.2 Å². The van der Waals surface area contributed by atoms with E-state index in [9.17, 15) is 4.79 Å². The summed E-state index contributed by atoms with van der Waals surface area (Å²) in [4.78, 5) is 14.1. The highest BCUT2D eigenvalue weighted by Crippen LogP contribution is 2.53. The van der Waals surface area contributed by atoms with E-state index >= 15 is 0 Å². The molecule has 0 saturated heterocycles. The Morgan fingerprint density at radius 3 is 2.21 bits per heavy atom. The molecule has 198 valence electrons. The van der Waals surface area contributed by atoms with Gasteiger partial charge in [0.25, 0.3) is 0 Å². The van der Waals surface area contributed by atoms with Gasteiger partial charge in [0.05, 0.1) is 26.7 Å². The first-order chi connectivity index (χ1) is 18.4. The van der Waals surface area contributed by atoms with Crippen LogP contribution in [0.3, 0.4) is 0 Å². The number of ether oxygens (including phenoxy) is 2. The van der Waals surface area contributed by atoms with Crippen molar-refractivity contribution in [2.45, 2.75) is 63.0 Å². The van der Waals surface area contributed by atoms with Crippen LogP contribution in [0.15, 0.2) is 78.9 Å². The van der Waals surface area contributed by atoms with E-state index in [4.69, 9.17) is 9.47 Å². The van der Waals surface area contributed by atoms with E-state index in [2.05, 4.69) is 44.4 Å². The fraction of sp³-hybridized carbons (Fsp3) is 0.441. The highest BCUT2D eigenvalue weighted by atomic mass is 16.5. The van der Waals surface area contributed by atoms with Gasteiger partial charge in [0.1, 0.15) is 23.0 Å². The number of quaternary nitrogens is 1. The van der Waals surface area contributed by atoms with Crippen molar-refractivity contribution in [3.05, 3.63) is 95.6 Å². The standard InChI is InChI=1S/C34H40NO3/c1-34(27-16-7-9-18-30(27)37-31-19-10-8-17-28(31)34)33(36)38-32-25-20-21-26(32)29(23-25)35(2,3)22-12-11-15-24-13-5-4-6-14-24/h4-10,13-14,16-19,25-26,29,32H,11-12,15,20-23H2,1-3H3/q+1/t25?,26?,29-,32?/m0/s1. The lowest BCUT2D eigenvalue weighted by molar-refractivity contribution is -0.918. The van der Waals surface area contributed by atoms with Gasteiger partial charge in [-0.05, 0) is 56.7 Å². The summed E-state index contributed by atoms with van der Waals surface area (Å²) in [5.74, 6) is 2.24. The fourth-order valence-electron chi connectivity index (χ4n) is 7.54. The van der Waals surface area contributed by atoms with Gasteiger partial charge in [-0.15, -0.1) is 0 Å². The number of rotatable bonds is 8. The predicted molar refractivity (Wildman–Crippen MR) is 150 cm³/mol. The maximum absolute atomic E-state index is 14.1. The molecule has 0 radical (unpaired) electrons. The lowest BCUT2D eigenvalue weighted by Crippen LogP contribution is -2.52. The molecule has 2 fully saturated rings. The molecule has 2 saturated carbocycles. The Morgan fingerprint density at radius 2 is 1.53 bits per heavy atom. The zero-order chi connectivity index (χ0) is 26.3. The average Bonchev–Trinajstić information content (AvgIpc) is 3.49. The SMILES string of the molecule is CC1(C(=O)OC2C3CCC2[C@@H]([N+](C)(C)CCCCc2ccccc2)C3)c2ccccc2Oc2ccccc21. The number of para-hydroxylation sites is 2. The number of carbonyl (C=O) groups is 1. The van der Waals surface area contributed by atoms with Crippen LogP contribution >= 0.6 is 0 Å². The highest BCUT2D eigenvalue weighted by molar-refractivity contribution is 5.90. The summed E-state index contributed by atoms with van der Waals surface area (Å²) in [5, 5.41) is 0. The van der Waals surface area contributed by atoms with Crippen LogP contribution in [0.5, 0.6) is 11.5 Å². The minimum absolute atomic E-state index is 0.00760. The maximum atomic E-state index is 14.1. The minimum Gasteiger partial charge on any atom is -0.461 e. The lowest BCUT2D eigenvalue weighted by atomic mass is 9.74. The Balaban J connectivity index is 1.16. The first kappa shape index (κ1) is 25.2. The van der Waals surface area contributed by atoms with E-state index in [0.717, 1.165) is 52.9 Å². The second-order valence-electron chi connectivity index (χ2n) is 12.3. The fourth-order valence-corrected chi connectivity index (χ4v) is 7.54. The Morgan fingerprint density at radius 1 is 0.895 bits per heavy atom. The minimum atomic E-state index is -0.884. The molecule has 0 amide bonds. The van der Waals surface area contributed by atoms with E-state index in [1.807, 2.05) is 55.5 Å². The number of fused-ring (bicyclic) bond motifs is 4. The molecule has 3 aromatic carbocycles. The van der Waals surface area contributed by atoms with Crippen LogP contribution in [0, 0.1) is 11.8 Å². The largest absolute Gasteiger partial charge is 0.461 e. The topological polar surface area (TPSA) is 35.5 Å². The zero-order valence-electron chi connectivity index (χ0n) is 22.9. The predicted octanol–water partition coefficient (Wildman–Crippen LogP) is 6.91. The lowest BCUT2D eigenvalue weighted by Gasteiger charge is -2.41. The molecule has 3 aliphatic rings. The van der Waals surface area contributed by atoms with Gasteiger partial charge in [-0.2, -0.15) is 0 Å². The van der Waals surface area contributed by atoms with Crippen LogP contribution in [0.4, 0.5) is 0 Å². The number of esters is 1. The Bertz CT molecular complexity index is 1250. The van der Waals surface area contributed by atoms with Crippen molar-refractivity contribution >= 4 is 5.97 Å². The summed E-state index contributed by atoms with van der Waals surface area (Å²) in [7, 11) is 4.78. The molecule has 0 spiro atoms. The van der Waals surface area contributed by atoms with Crippen LogP contribution in [0.25, 0.3) is 0 Å². The first-order valence-electron chi connectivity index (χ1n) is 14.3. The van der Waals surface area contributed by atoms with Crippen LogP contribution in [0.2, 0.25) is 0 Å². The number of carbonyl (C=O) groups excluding carboxylic acids is 1. The van der Waals surface area contributed by atoms with E-state index in [1.54, 1.807) is 0 Å². The summed E-state index contributed by atoms with van der Waals surface area (Å²) in [6.07, 6.45) is 7.06. The van der Waals surface area contributed by atoms with Crippen molar-refractivity contribution in [1.29, 1.82) is 0 Å². The van der Waals surface area contributed by atoms with Gasteiger partial charge in [0, 0.05) is 29.4 Å². The van der Waals surface area contributed by atoms with E-state index < -0.39 is 5.41 Å². The van der Waals surface area contributed by atoms with Crippen LogP contribution < -0.4 is 4.74 Å². The summed E-state index contributed by atoms with van der Waals surface area (Å²) in [6.45, 7) is 3.17. The first-order valence-corrected chi connectivity index (χ1v) is 14.3. The maximum Gasteiger partial charge on any atom is 0.321 e. The number of unbranched alkanes of at least 4 members (excludes halogenated alkanes) is 1. The Hall–Kier alpha value is -3.11. The van der Waals surface area contributed by atoms with Gasteiger partial charge in [-0.3, -0.25) is 4.79 Å². The molecule has 4 heteroatoms. The number of benzene rings is 3. The van der Waals surface area contributed by atoms with E-state index in [0.29, 0.717) is 17.9 Å². The highest BCUT2D eigenvalue weighted by Gasteiger charge is 2.57. The molecule has 4 nitrogen and oxygen atoms in total. The van der Waals surface area contributed by atoms with Crippen LogP contribution in [0.1, 0.15) is 55.7 Å². The Kier molecular flexibility index (Phi) is 6.55. The van der Waals surface area contributed by atoms with Gasteiger partial charge < -0.3 is 14.0 Å². The summed E-state index contributed by atoms with van der Waals surface area (Å²) < 4.78 is 13.7. The summed E-state index contributed by atoms with van der Waals surface area (Å²) in [5.41, 5.74) is 2.32. The normalized spacial score (nSPS) is 24.8. The summed E-state index contributed by atoms with van der Waals surface area (Å²) >= 11 is 0. The molecule has 3 unspecified atom stereocenters. The third-order valence-electron chi connectivity index (χ3n) is 9.71. The molecule has 38 heavy (non-hydrogen) atoms. The molecular weight excluding hydrogens is 470 g/mol. The second-order valence-corrected chi connectivity index (χ2v) is 12.3. The second kappa shape index (κ2) is 9.89. The van der Waals surface area contributed by atoms with Gasteiger partial charge >= 0.3 is 5.97 Å². The molecule has 2 aliphatic carbocycles. The zero-order valence-corrected chi connectivity index (χ0v) is 22.9. The number of nitrogens with zero attached hydrogens (tertiary/aromatic N) is 1. The third-order valence-corrected chi connectivity index (χ3v) is 9.71. The van der Waals surface area contributed by atoms with Gasteiger partial charge in [0.2, 0.25) is 0 Å².